The van der Waals surface area contributed by atoms with Gasteiger partial charge < -0.3 is 9.13 Å². The van der Waals surface area contributed by atoms with Crippen molar-refractivity contribution in [1.82, 2.24) is 19.1 Å². The van der Waals surface area contributed by atoms with E-state index in [2.05, 4.69) is 9.97 Å². The minimum atomic E-state index is -4.36. The van der Waals surface area contributed by atoms with Crippen molar-refractivity contribution in [2.45, 2.75) is 19.6 Å². The van der Waals surface area contributed by atoms with Crippen molar-refractivity contribution in [2.75, 3.05) is 0 Å². The van der Waals surface area contributed by atoms with Crippen LogP contribution in [0.3, 0.4) is 0 Å². The zero-order valence-electron chi connectivity index (χ0n) is 12.6. The van der Waals surface area contributed by atoms with Gasteiger partial charge in [-0.25, -0.2) is 9.97 Å². The largest absolute Gasteiger partial charge is 0.416 e. The van der Waals surface area contributed by atoms with Gasteiger partial charge in [-0.3, -0.25) is 0 Å². The first kappa shape index (κ1) is 20.1. The molecule has 0 spiro atoms. The van der Waals surface area contributed by atoms with Crippen molar-refractivity contribution < 1.29 is 13.2 Å². The van der Waals surface area contributed by atoms with Gasteiger partial charge in [0.05, 0.1) is 30.5 Å². The van der Waals surface area contributed by atoms with Gasteiger partial charge >= 0.3 is 6.18 Å². The monoisotopic (exact) mass is 378 g/mol. The van der Waals surface area contributed by atoms with Crippen LogP contribution >= 0.6 is 24.8 Å². The second-order valence-electron chi connectivity index (χ2n) is 5.00. The molecule has 0 fully saturated rings. The number of nitrogens with zero attached hydrogens (tertiary/aromatic N) is 4. The second kappa shape index (κ2) is 7.72. The van der Waals surface area contributed by atoms with Crippen LogP contribution in [0.5, 0.6) is 0 Å². The van der Waals surface area contributed by atoms with Crippen molar-refractivity contribution in [1.29, 1.82) is 0 Å². The van der Waals surface area contributed by atoms with E-state index in [9.17, 15) is 13.2 Å². The predicted molar refractivity (Wildman–Crippen MR) is 89.1 cm³/mol. The molecule has 4 nitrogen and oxygen atoms in total. The predicted octanol–water partition coefficient (Wildman–Crippen LogP) is 4.29. The minimum absolute atomic E-state index is 0. The quantitative estimate of drug-likeness (QED) is 0.681. The number of imidazole rings is 2. The molecule has 0 bridgehead atoms. The third kappa shape index (κ3) is 4.30. The highest BCUT2D eigenvalue weighted by molar-refractivity contribution is 5.85. The lowest BCUT2D eigenvalue weighted by Gasteiger charge is -2.12. The number of hydrogen-bond donors (Lipinski definition) is 0. The first-order valence-electron chi connectivity index (χ1n) is 6.60. The molecule has 9 heteroatoms. The number of aromatic nitrogens is 4. The molecule has 24 heavy (non-hydrogen) atoms. The highest BCUT2D eigenvalue weighted by Crippen LogP contribution is 2.33. The molecular formula is C15H15Cl2F3N4. The number of halogens is 5. The maximum Gasteiger partial charge on any atom is 0.416 e. The number of alkyl halides is 3. The summed E-state index contributed by atoms with van der Waals surface area (Å²) < 4.78 is 42.3. The van der Waals surface area contributed by atoms with Crippen molar-refractivity contribution >= 4 is 24.8 Å². The lowest BCUT2D eigenvalue weighted by atomic mass is 10.1. The van der Waals surface area contributed by atoms with Crippen LogP contribution in [-0.2, 0) is 12.7 Å². The van der Waals surface area contributed by atoms with Gasteiger partial charge in [0.15, 0.2) is 0 Å². The molecule has 0 saturated heterocycles. The summed E-state index contributed by atoms with van der Waals surface area (Å²) in [5.41, 5.74) is 0.749. The van der Waals surface area contributed by atoms with Gasteiger partial charge in [-0.2, -0.15) is 13.2 Å². The van der Waals surface area contributed by atoms with E-state index in [0.29, 0.717) is 12.2 Å². The number of benzene rings is 1. The normalized spacial score (nSPS) is 10.8. The van der Waals surface area contributed by atoms with E-state index < -0.39 is 11.7 Å². The van der Waals surface area contributed by atoms with Crippen LogP contribution in [0.2, 0.25) is 0 Å². The first-order chi connectivity index (χ1) is 10.4. The third-order valence-electron chi connectivity index (χ3n) is 3.36. The van der Waals surface area contributed by atoms with Crippen molar-refractivity contribution in [3.8, 4) is 5.69 Å². The molecular weight excluding hydrogens is 364 g/mol. The molecule has 0 aliphatic carbocycles. The average molecular weight is 379 g/mol. The molecule has 0 saturated carbocycles. The lowest BCUT2D eigenvalue weighted by molar-refractivity contribution is -0.138. The minimum Gasteiger partial charge on any atom is -0.331 e. The topological polar surface area (TPSA) is 35.6 Å². The number of hydrogen-bond acceptors (Lipinski definition) is 2. The molecule has 0 amide bonds. The van der Waals surface area contributed by atoms with Crippen LogP contribution in [0.15, 0.2) is 49.4 Å². The van der Waals surface area contributed by atoms with Gasteiger partial charge in [0.2, 0.25) is 0 Å². The Hall–Kier alpha value is -1.99. The van der Waals surface area contributed by atoms with Crippen LogP contribution in [0, 0.1) is 6.92 Å². The molecule has 0 N–H and O–H groups in total. The van der Waals surface area contributed by atoms with E-state index in [1.165, 1.54) is 19.3 Å². The van der Waals surface area contributed by atoms with Gasteiger partial charge in [0.25, 0.3) is 0 Å². The van der Waals surface area contributed by atoms with E-state index in [1.807, 2.05) is 4.57 Å². The third-order valence-corrected chi connectivity index (χ3v) is 3.36. The van der Waals surface area contributed by atoms with Crippen LogP contribution in [0.4, 0.5) is 13.2 Å². The Bertz CT molecular complexity index is 782. The highest BCUT2D eigenvalue weighted by Gasteiger charge is 2.32. The smallest absolute Gasteiger partial charge is 0.331 e. The molecule has 3 aromatic rings. The fourth-order valence-electron chi connectivity index (χ4n) is 2.23. The molecule has 1 aromatic carbocycles. The Morgan fingerprint density at radius 1 is 1.12 bits per heavy atom. The second-order valence-corrected chi connectivity index (χ2v) is 5.00. The fourth-order valence-corrected chi connectivity index (χ4v) is 2.23. The Labute approximate surface area is 149 Å². The average Bonchev–Trinajstić information content (AvgIpc) is 3.10. The zero-order chi connectivity index (χ0) is 15.7. The van der Waals surface area contributed by atoms with E-state index in [0.717, 1.165) is 11.8 Å². The summed E-state index contributed by atoms with van der Waals surface area (Å²) in [6.07, 6.45) is 3.98. The molecule has 0 radical (unpaired) electrons. The first-order valence-corrected chi connectivity index (χ1v) is 6.60. The van der Waals surface area contributed by atoms with E-state index in [1.54, 1.807) is 35.6 Å². The lowest BCUT2D eigenvalue weighted by Crippen LogP contribution is -2.08. The number of rotatable bonds is 3. The van der Waals surface area contributed by atoms with Crippen molar-refractivity contribution in [3.05, 3.63) is 66.3 Å². The van der Waals surface area contributed by atoms with Crippen molar-refractivity contribution in [2.24, 2.45) is 0 Å². The van der Waals surface area contributed by atoms with Gasteiger partial charge in [0, 0.05) is 24.3 Å². The Balaban J connectivity index is 0.00000144. The van der Waals surface area contributed by atoms with Crippen LogP contribution in [0.1, 0.15) is 16.8 Å². The van der Waals surface area contributed by atoms with Crippen LogP contribution < -0.4 is 0 Å². The zero-order valence-corrected chi connectivity index (χ0v) is 14.2. The molecule has 2 aromatic heterocycles. The summed E-state index contributed by atoms with van der Waals surface area (Å²) in [6, 6.07) is 4.25. The number of aryl methyl sites for hydroxylation is 1. The van der Waals surface area contributed by atoms with Crippen LogP contribution in [-0.4, -0.2) is 19.1 Å². The van der Waals surface area contributed by atoms with Crippen LogP contribution in [0.25, 0.3) is 5.69 Å². The van der Waals surface area contributed by atoms with E-state index in [4.69, 9.17) is 0 Å². The van der Waals surface area contributed by atoms with Gasteiger partial charge in [0.1, 0.15) is 0 Å². The van der Waals surface area contributed by atoms with E-state index >= 15 is 0 Å². The molecule has 3 rings (SSSR count). The van der Waals surface area contributed by atoms with Gasteiger partial charge in [-0.05, 0) is 24.6 Å². The summed E-state index contributed by atoms with van der Waals surface area (Å²) in [5.74, 6) is 0. The molecule has 130 valence electrons. The SMILES string of the molecule is Cc1ccc(-n2cnc(Cn3ccnc3)c2)cc1C(F)(F)F.Cl.Cl. The maximum absolute atomic E-state index is 13.0. The summed E-state index contributed by atoms with van der Waals surface area (Å²) >= 11 is 0. The fraction of sp³-hybridized carbons (Fsp3) is 0.200. The molecule has 2 heterocycles. The molecule has 0 aliphatic rings. The Morgan fingerprint density at radius 3 is 2.50 bits per heavy atom. The molecule has 0 unspecified atom stereocenters. The standard InChI is InChI=1S/C15H13F3N4.2ClH/c1-11-2-3-13(6-14(11)15(16,17)18)22-8-12(20-10-22)7-21-5-4-19-9-21;;/h2-6,8-10H,7H2,1H3;2*1H. The van der Waals surface area contributed by atoms with Gasteiger partial charge in [-0.15, -0.1) is 24.8 Å². The van der Waals surface area contributed by atoms with E-state index in [-0.39, 0.29) is 30.4 Å². The molecule has 0 aliphatic heterocycles. The highest BCUT2D eigenvalue weighted by atomic mass is 35.5. The molecule has 0 atom stereocenters. The van der Waals surface area contributed by atoms with Crippen molar-refractivity contribution in [3.63, 3.8) is 0 Å². The van der Waals surface area contributed by atoms with Gasteiger partial charge in [-0.1, -0.05) is 6.07 Å². The summed E-state index contributed by atoms with van der Waals surface area (Å²) in [4.78, 5) is 8.15. The summed E-state index contributed by atoms with van der Waals surface area (Å²) in [6.45, 7) is 1.97. The Morgan fingerprint density at radius 2 is 1.88 bits per heavy atom. The Kier molecular flexibility index (Phi) is 6.45. The summed E-state index contributed by atoms with van der Waals surface area (Å²) in [7, 11) is 0. The maximum atomic E-state index is 13.0. The summed E-state index contributed by atoms with van der Waals surface area (Å²) in [5, 5.41) is 0.